The summed E-state index contributed by atoms with van der Waals surface area (Å²) >= 11 is 1.56. The van der Waals surface area contributed by atoms with E-state index >= 15 is 0 Å². The third-order valence-corrected chi connectivity index (χ3v) is 5.52. The number of piperidine rings is 1. The van der Waals surface area contributed by atoms with Gasteiger partial charge >= 0.3 is 0 Å². The maximum absolute atomic E-state index is 12.5. The molecule has 2 aliphatic heterocycles. The van der Waals surface area contributed by atoms with Crippen molar-refractivity contribution in [2.75, 3.05) is 40.0 Å². The van der Waals surface area contributed by atoms with Crippen molar-refractivity contribution in [2.45, 2.75) is 25.8 Å². The van der Waals surface area contributed by atoms with Crippen molar-refractivity contribution in [3.63, 3.8) is 0 Å². The number of aromatic nitrogens is 1. The molecule has 0 unspecified atom stereocenters. The van der Waals surface area contributed by atoms with Gasteiger partial charge in [-0.05, 0) is 24.8 Å². The molecule has 1 atom stereocenters. The van der Waals surface area contributed by atoms with Gasteiger partial charge in [-0.3, -0.25) is 9.59 Å². The van der Waals surface area contributed by atoms with Gasteiger partial charge in [0, 0.05) is 25.6 Å². The first-order chi connectivity index (χ1) is 12.7. The SMILES string of the molecule is COCC(=O)N1CCC[C@H](C(=O)NCc2nc(C3=CCOCC3)cs2)C1. The molecule has 0 radical (unpaired) electrons. The summed E-state index contributed by atoms with van der Waals surface area (Å²) in [6.07, 6.45) is 4.58. The molecule has 0 bridgehead atoms. The second kappa shape index (κ2) is 9.25. The number of ether oxygens (including phenoxy) is 2. The van der Waals surface area contributed by atoms with Gasteiger partial charge in [0.1, 0.15) is 11.6 Å². The summed E-state index contributed by atoms with van der Waals surface area (Å²) < 4.78 is 10.2. The molecule has 2 amide bonds. The van der Waals surface area contributed by atoms with Crippen molar-refractivity contribution in [1.82, 2.24) is 15.2 Å². The molecule has 1 fully saturated rings. The zero-order valence-electron chi connectivity index (χ0n) is 15.0. The number of rotatable bonds is 6. The summed E-state index contributed by atoms with van der Waals surface area (Å²) in [7, 11) is 1.50. The molecule has 0 aliphatic carbocycles. The van der Waals surface area contributed by atoms with Gasteiger partial charge in [-0.25, -0.2) is 4.98 Å². The van der Waals surface area contributed by atoms with E-state index in [0.717, 1.165) is 36.6 Å². The smallest absolute Gasteiger partial charge is 0.248 e. The fourth-order valence-corrected chi connectivity index (χ4v) is 4.00. The number of nitrogens with one attached hydrogen (secondary N) is 1. The van der Waals surface area contributed by atoms with Crippen molar-refractivity contribution in [2.24, 2.45) is 5.92 Å². The topological polar surface area (TPSA) is 80.8 Å². The normalized spacial score (nSPS) is 20.6. The number of methoxy groups -OCH3 is 1. The summed E-state index contributed by atoms with van der Waals surface area (Å²) in [5.41, 5.74) is 2.20. The van der Waals surface area contributed by atoms with Crippen LogP contribution in [0.25, 0.3) is 5.57 Å². The van der Waals surface area contributed by atoms with Crippen LogP contribution in [0.4, 0.5) is 0 Å². The predicted octanol–water partition coefficient (Wildman–Crippen LogP) is 1.45. The highest BCUT2D eigenvalue weighted by Gasteiger charge is 2.28. The second-order valence-electron chi connectivity index (χ2n) is 6.51. The fraction of sp³-hybridized carbons (Fsp3) is 0.611. The lowest BCUT2D eigenvalue weighted by atomic mass is 9.97. The molecule has 26 heavy (non-hydrogen) atoms. The van der Waals surface area contributed by atoms with Crippen LogP contribution in [-0.4, -0.2) is 61.7 Å². The number of amides is 2. The summed E-state index contributed by atoms with van der Waals surface area (Å²) in [6.45, 7) is 3.02. The number of likely N-dealkylation sites (tertiary alicyclic amines) is 1. The zero-order chi connectivity index (χ0) is 18.4. The van der Waals surface area contributed by atoms with Gasteiger partial charge in [-0.2, -0.15) is 0 Å². The zero-order valence-corrected chi connectivity index (χ0v) is 15.8. The molecule has 7 nitrogen and oxygen atoms in total. The first kappa shape index (κ1) is 19.0. The molecule has 8 heteroatoms. The maximum atomic E-state index is 12.5. The van der Waals surface area contributed by atoms with Crippen LogP contribution < -0.4 is 5.32 Å². The summed E-state index contributed by atoms with van der Waals surface area (Å²) in [5.74, 6) is -0.233. The number of carbonyl (C=O) groups excluding carboxylic acids is 2. The Morgan fingerprint density at radius 2 is 2.38 bits per heavy atom. The molecule has 3 heterocycles. The monoisotopic (exact) mass is 379 g/mol. The molecule has 0 aromatic carbocycles. The quantitative estimate of drug-likeness (QED) is 0.809. The third kappa shape index (κ3) is 4.90. The van der Waals surface area contributed by atoms with Crippen LogP contribution in [0.3, 0.4) is 0 Å². The van der Waals surface area contributed by atoms with Gasteiger partial charge in [-0.15, -0.1) is 11.3 Å². The fourth-order valence-electron chi connectivity index (χ4n) is 3.24. The van der Waals surface area contributed by atoms with E-state index in [4.69, 9.17) is 9.47 Å². The van der Waals surface area contributed by atoms with Crippen molar-refractivity contribution in [1.29, 1.82) is 0 Å². The summed E-state index contributed by atoms with van der Waals surface area (Å²) in [6, 6.07) is 0. The Balaban J connectivity index is 1.50. The average Bonchev–Trinajstić information content (AvgIpc) is 3.16. The Hall–Kier alpha value is -1.77. The molecular formula is C18H25N3O4S. The molecule has 142 valence electrons. The van der Waals surface area contributed by atoms with Gasteiger partial charge < -0.3 is 19.7 Å². The molecular weight excluding hydrogens is 354 g/mol. The number of hydrogen-bond acceptors (Lipinski definition) is 6. The minimum atomic E-state index is -0.165. The van der Waals surface area contributed by atoms with E-state index in [1.54, 1.807) is 16.2 Å². The van der Waals surface area contributed by atoms with Crippen molar-refractivity contribution < 1.29 is 19.1 Å². The highest BCUT2D eigenvalue weighted by atomic mass is 32.1. The van der Waals surface area contributed by atoms with Crippen LogP contribution >= 0.6 is 11.3 Å². The molecule has 0 spiro atoms. The standard InChI is InChI=1S/C18H25N3O4S/c1-24-11-17(22)21-6-2-3-14(10-21)18(23)19-9-16-20-15(12-26-16)13-4-7-25-8-5-13/h4,12,14H,2-3,5-11H2,1H3,(H,19,23)/t14-/m0/s1. The number of thiazole rings is 1. The van der Waals surface area contributed by atoms with Gasteiger partial charge in [0.2, 0.25) is 11.8 Å². The van der Waals surface area contributed by atoms with Gasteiger partial charge in [0.15, 0.2) is 0 Å². The molecule has 0 saturated carbocycles. The predicted molar refractivity (Wildman–Crippen MR) is 98.6 cm³/mol. The van der Waals surface area contributed by atoms with Crippen molar-refractivity contribution in [3.05, 3.63) is 22.2 Å². The summed E-state index contributed by atoms with van der Waals surface area (Å²) in [5, 5.41) is 5.90. The number of hydrogen-bond donors (Lipinski definition) is 1. The van der Waals surface area contributed by atoms with Crippen LogP contribution in [0.2, 0.25) is 0 Å². The Bertz CT molecular complexity index is 673. The molecule has 2 aliphatic rings. The van der Waals surface area contributed by atoms with Gasteiger partial charge in [0.05, 0.1) is 31.4 Å². The number of carbonyl (C=O) groups is 2. The van der Waals surface area contributed by atoms with Crippen LogP contribution in [0, 0.1) is 5.92 Å². The molecule has 1 saturated heterocycles. The van der Waals surface area contributed by atoms with E-state index in [2.05, 4.69) is 16.4 Å². The Kier molecular flexibility index (Phi) is 6.76. The Morgan fingerprint density at radius 3 is 3.15 bits per heavy atom. The third-order valence-electron chi connectivity index (χ3n) is 4.67. The maximum Gasteiger partial charge on any atom is 0.248 e. The van der Waals surface area contributed by atoms with E-state index < -0.39 is 0 Å². The molecule has 1 N–H and O–H groups in total. The van der Waals surface area contributed by atoms with E-state index in [9.17, 15) is 9.59 Å². The molecule has 1 aromatic heterocycles. The minimum Gasteiger partial charge on any atom is -0.377 e. The van der Waals surface area contributed by atoms with Crippen molar-refractivity contribution in [3.8, 4) is 0 Å². The minimum absolute atomic E-state index is 0.0121. The lowest BCUT2D eigenvalue weighted by Crippen LogP contribution is -2.46. The summed E-state index contributed by atoms with van der Waals surface area (Å²) in [4.78, 5) is 30.8. The lowest BCUT2D eigenvalue weighted by molar-refractivity contribution is -0.139. The van der Waals surface area contributed by atoms with Crippen LogP contribution in [0.15, 0.2) is 11.5 Å². The molecule has 1 aromatic rings. The van der Waals surface area contributed by atoms with Crippen LogP contribution in [-0.2, 0) is 25.6 Å². The first-order valence-corrected chi connectivity index (χ1v) is 9.81. The lowest BCUT2D eigenvalue weighted by Gasteiger charge is -2.31. The molecule has 3 rings (SSSR count). The number of nitrogens with zero attached hydrogens (tertiary/aromatic N) is 2. The van der Waals surface area contributed by atoms with Crippen LogP contribution in [0.5, 0.6) is 0 Å². The van der Waals surface area contributed by atoms with Crippen molar-refractivity contribution >= 4 is 28.7 Å². The van der Waals surface area contributed by atoms with E-state index in [1.807, 2.05) is 5.38 Å². The van der Waals surface area contributed by atoms with Crippen LogP contribution in [0.1, 0.15) is 30.0 Å². The highest BCUT2D eigenvalue weighted by Crippen LogP contribution is 2.23. The van der Waals surface area contributed by atoms with Gasteiger partial charge in [0.25, 0.3) is 0 Å². The van der Waals surface area contributed by atoms with E-state index in [1.165, 1.54) is 12.7 Å². The largest absolute Gasteiger partial charge is 0.377 e. The Labute approximate surface area is 157 Å². The second-order valence-corrected chi connectivity index (χ2v) is 7.45. The van der Waals surface area contributed by atoms with E-state index in [-0.39, 0.29) is 24.3 Å². The first-order valence-electron chi connectivity index (χ1n) is 8.93. The van der Waals surface area contributed by atoms with Gasteiger partial charge in [-0.1, -0.05) is 6.08 Å². The highest BCUT2D eigenvalue weighted by molar-refractivity contribution is 7.09. The Morgan fingerprint density at radius 1 is 1.50 bits per heavy atom. The average molecular weight is 379 g/mol. The van der Waals surface area contributed by atoms with E-state index in [0.29, 0.717) is 26.2 Å².